The molecule has 0 spiro atoms. The van der Waals surface area contributed by atoms with Crippen molar-refractivity contribution in [3.8, 4) is 0 Å². The number of rotatable bonds is 3. The highest BCUT2D eigenvalue weighted by Gasteiger charge is 2.33. The minimum atomic E-state index is -3.23. The molecule has 2 aliphatic heterocycles. The molecule has 0 aliphatic carbocycles. The van der Waals surface area contributed by atoms with Crippen LogP contribution in [-0.2, 0) is 14.8 Å². The molecule has 0 radical (unpaired) electrons. The quantitative estimate of drug-likeness (QED) is 0.836. The molecule has 114 valence electrons. The molecular formula is C13H17N3O4S. The number of ether oxygens (including phenoxy) is 1. The second-order valence-electron chi connectivity index (χ2n) is 5.25. The fourth-order valence-electron chi connectivity index (χ4n) is 2.86. The lowest BCUT2D eigenvalue weighted by atomic mass is 10.1. The van der Waals surface area contributed by atoms with Gasteiger partial charge in [0.05, 0.1) is 12.8 Å². The summed E-state index contributed by atoms with van der Waals surface area (Å²) in [7, 11) is -3.23. The zero-order valence-corrected chi connectivity index (χ0v) is 12.5. The molecule has 2 saturated heterocycles. The molecule has 1 amide bonds. The summed E-state index contributed by atoms with van der Waals surface area (Å²) >= 11 is 0. The van der Waals surface area contributed by atoms with Gasteiger partial charge in [0, 0.05) is 18.8 Å². The van der Waals surface area contributed by atoms with Gasteiger partial charge in [0.2, 0.25) is 10.0 Å². The van der Waals surface area contributed by atoms with Crippen LogP contribution in [0.3, 0.4) is 0 Å². The van der Waals surface area contributed by atoms with Gasteiger partial charge in [-0.15, -0.1) is 0 Å². The van der Waals surface area contributed by atoms with Crippen molar-refractivity contribution >= 4 is 21.9 Å². The molecule has 3 rings (SSSR count). The van der Waals surface area contributed by atoms with E-state index in [1.165, 1.54) is 15.5 Å². The van der Waals surface area contributed by atoms with E-state index in [-0.39, 0.29) is 6.04 Å². The predicted octanol–water partition coefficient (Wildman–Crippen LogP) is 1.13. The number of nitrogens with zero attached hydrogens (tertiary/aromatic N) is 3. The third-order valence-corrected chi connectivity index (χ3v) is 5.11. The van der Waals surface area contributed by atoms with Crippen LogP contribution >= 0.6 is 0 Å². The van der Waals surface area contributed by atoms with Crippen LogP contribution in [0.15, 0.2) is 18.3 Å². The van der Waals surface area contributed by atoms with Crippen LogP contribution in [0.25, 0.3) is 0 Å². The van der Waals surface area contributed by atoms with Gasteiger partial charge in [0.25, 0.3) is 0 Å². The highest BCUT2D eigenvalue weighted by Crippen LogP contribution is 2.34. The van der Waals surface area contributed by atoms with Gasteiger partial charge in [-0.2, -0.15) is 4.31 Å². The average molecular weight is 311 g/mol. The van der Waals surface area contributed by atoms with Gasteiger partial charge in [0.15, 0.2) is 0 Å². The summed E-state index contributed by atoms with van der Waals surface area (Å²) in [5.41, 5.74) is 0.864. The van der Waals surface area contributed by atoms with Crippen LogP contribution < -0.4 is 4.90 Å². The standard InChI is InChI=1S/C13H17N3O4S/c1-21(18,19)16-6-2-3-11(16)10-4-5-14-12(9-10)15-7-8-20-13(15)17/h4-5,9,11H,2-3,6-8H2,1H3. The average Bonchev–Trinajstić information content (AvgIpc) is 3.06. The van der Waals surface area contributed by atoms with Crippen LogP contribution in [0.2, 0.25) is 0 Å². The van der Waals surface area contributed by atoms with Crippen molar-refractivity contribution in [2.24, 2.45) is 0 Å². The fourth-order valence-corrected chi connectivity index (χ4v) is 4.01. The molecule has 1 aromatic rings. The Morgan fingerprint density at radius 3 is 2.86 bits per heavy atom. The van der Waals surface area contributed by atoms with Crippen molar-refractivity contribution < 1.29 is 17.9 Å². The predicted molar refractivity (Wildman–Crippen MR) is 76.5 cm³/mol. The van der Waals surface area contributed by atoms with Gasteiger partial charge in [-0.25, -0.2) is 18.2 Å². The summed E-state index contributed by atoms with van der Waals surface area (Å²) in [4.78, 5) is 17.2. The lowest BCUT2D eigenvalue weighted by Crippen LogP contribution is -2.30. The number of hydrogen-bond acceptors (Lipinski definition) is 5. The van der Waals surface area contributed by atoms with Crippen molar-refractivity contribution in [1.82, 2.24) is 9.29 Å². The number of carbonyl (C=O) groups is 1. The van der Waals surface area contributed by atoms with Crippen molar-refractivity contribution in [3.63, 3.8) is 0 Å². The molecular weight excluding hydrogens is 294 g/mol. The van der Waals surface area contributed by atoms with Crippen LogP contribution in [0.5, 0.6) is 0 Å². The summed E-state index contributed by atoms with van der Waals surface area (Å²) in [6, 6.07) is 3.40. The van der Waals surface area contributed by atoms with Crippen molar-refractivity contribution in [2.45, 2.75) is 18.9 Å². The first-order valence-electron chi connectivity index (χ1n) is 6.84. The van der Waals surface area contributed by atoms with Crippen LogP contribution in [-0.4, -0.2) is 49.8 Å². The molecule has 7 nitrogen and oxygen atoms in total. The van der Waals surface area contributed by atoms with E-state index in [1.807, 2.05) is 0 Å². The molecule has 1 unspecified atom stereocenters. The van der Waals surface area contributed by atoms with E-state index >= 15 is 0 Å². The molecule has 0 N–H and O–H groups in total. The fraction of sp³-hybridized carbons (Fsp3) is 0.538. The van der Waals surface area contributed by atoms with Gasteiger partial charge < -0.3 is 4.74 Å². The molecule has 2 aliphatic rings. The Morgan fingerprint density at radius 2 is 2.19 bits per heavy atom. The van der Waals surface area contributed by atoms with Gasteiger partial charge in [-0.05, 0) is 30.5 Å². The van der Waals surface area contributed by atoms with Gasteiger partial charge >= 0.3 is 6.09 Å². The Labute approximate surface area is 123 Å². The molecule has 0 bridgehead atoms. The number of carbonyl (C=O) groups excluding carboxylic acids is 1. The minimum Gasteiger partial charge on any atom is -0.447 e. The first kappa shape index (κ1) is 14.3. The third kappa shape index (κ3) is 2.73. The third-order valence-electron chi connectivity index (χ3n) is 3.82. The number of cyclic esters (lactones) is 1. The Balaban J connectivity index is 1.91. The number of sulfonamides is 1. The van der Waals surface area contributed by atoms with Gasteiger partial charge in [0.1, 0.15) is 12.4 Å². The largest absolute Gasteiger partial charge is 0.447 e. The molecule has 1 aromatic heterocycles. The minimum absolute atomic E-state index is 0.180. The van der Waals surface area contributed by atoms with Crippen molar-refractivity contribution in [1.29, 1.82) is 0 Å². The molecule has 1 atom stereocenters. The highest BCUT2D eigenvalue weighted by molar-refractivity contribution is 7.88. The van der Waals surface area contributed by atoms with E-state index in [2.05, 4.69) is 4.98 Å². The zero-order valence-electron chi connectivity index (χ0n) is 11.7. The number of hydrogen-bond donors (Lipinski definition) is 0. The Hall–Kier alpha value is -1.67. The SMILES string of the molecule is CS(=O)(=O)N1CCCC1c1ccnc(N2CCOC2=O)c1. The highest BCUT2D eigenvalue weighted by atomic mass is 32.2. The molecule has 2 fully saturated rings. The summed E-state index contributed by atoms with van der Waals surface area (Å²) < 4.78 is 30.1. The molecule has 3 heterocycles. The van der Waals surface area contributed by atoms with Crippen LogP contribution in [0, 0.1) is 0 Å². The monoisotopic (exact) mass is 311 g/mol. The second-order valence-corrected chi connectivity index (χ2v) is 7.18. The number of pyridine rings is 1. The smallest absolute Gasteiger partial charge is 0.415 e. The maximum absolute atomic E-state index is 11.8. The van der Waals surface area contributed by atoms with Crippen molar-refractivity contribution in [2.75, 3.05) is 30.9 Å². The van der Waals surface area contributed by atoms with E-state index in [1.54, 1.807) is 18.3 Å². The van der Waals surface area contributed by atoms with E-state index < -0.39 is 16.1 Å². The maximum Gasteiger partial charge on any atom is 0.415 e. The van der Waals surface area contributed by atoms with E-state index in [0.717, 1.165) is 18.4 Å². The normalized spacial score (nSPS) is 23.6. The van der Waals surface area contributed by atoms with E-state index in [4.69, 9.17) is 4.74 Å². The van der Waals surface area contributed by atoms with Crippen LogP contribution in [0.4, 0.5) is 10.6 Å². The van der Waals surface area contributed by atoms with Crippen LogP contribution in [0.1, 0.15) is 24.4 Å². The maximum atomic E-state index is 11.8. The first-order valence-corrected chi connectivity index (χ1v) is 8.69. The van der Waals surface area contributed by atoms with Crippen molar-refractivity contribution in [3.05, 3.63) is 23.9 Å². The zero-order chi connectivity index (χ0) is 15.0. The lowest BCUT2D eigenvalue weighted by Gasteiger charge is -2.23. The summed E-state index contributed by atoms with van der Waals surface area (Å²) in [6.07, 6.45) is 4.04. The number of anilines is 1. The molecule has 21 heavy (non-hydrogen) atoms. The summed E-state index contributed by atoms with van der Waals surface area (Å²) in [6.45, 7) is 1.35. The lowest BCUT2D eigenvalue weighted by molar-refractivity contribution is 0.181. The molecule has 0 saturated carbocycles. The Kier molecular flexibility index (Phi) is 3.58. The summed E-state index contributed by atoms with van der Waals surface area (Å²) in [5, 5.41) is 0. The second kappa shape index (κ2) is 5.27. The number of amides is 1. The topological polar surface area (TPSA) is 79.8 Å². The van der Waals surface area contributed by atoms with E-state index in [9.17, 15) is 13.2 Å². The van der Waals surface area contributed by atoms with Gasteiger partial charge in [-0.3, -0.25) is 4.90 Å². The number of aromatic nitrogens is 1. The first-order chi connectivity index (χ1) is 9.97. The summed E-state index contributed by atoms with van der Waals surface area (Å²) in [5.74, 6) is 0.510. The molecule has 8 heteroatoms. The van der Waals surface area contributed by atoms with E-state index in [0.29, 0.717) is 25.5 Å². The Bertz CT molecular complexity index is 661. The van der Waals surface area contributed by atoms with Gasteiger partial charge in [-0.1, -0.05) is 0 Å². The Morgan fingerprint density at radius 1 is 1.38 bits per heavy atom. The molecule has 0 aromatic carbocycles.